The van der Waals surface area contributed by atoms with Crippen LogP contribution in [0, 0.1) is 0 Å². The van der Waals surface area contributed by atoms with Gasteiger partial charge in [0.1, 0.15) is 0 Å². The van der Waals surface area contributed by atoms with Crippen LogP contribution in [0.1, 0.15) is 22.7 Å². The molecule has 1 amide bonds. The van der Waals surface area contributed by atoms with Crippen molar-refractivity contribution >= 4 is 11.6 Å². The van der Waals surface area contributed by atoms with Gasteiger partial charge in [0.2, 0.25) is 5.91 Å². The van der Waals surface area contributed by atoms with E-state index in [4.69, 9.17) is 0 Å². The van der Waals surface area contributed by atoms with Crippen molar-refractivity contribution in [2.24, 2.45) is 0 Å². The van der Waals surface area contributed by atoms with E-state index in [0.29, 0.717) is 6.42 Å². The molecule has 0 fully saturated rings. The second kappa shape index (κ2) is 5.73. The van der Waals surface area contributed by atoms with Gasteiger partial charge in [-0.25, -0.2) is 0 Å². The molecule has 0 saturated heterocycles. The summed E-state index contributed by atoms with van der Waals surface area (Å²) in [4.78, 5) is 14.8. The number of rotatable bonds is 2. The van der Waals surface area contributed by atoms with E-state index in [0.717, 1.165) is 16.8 Å². The summed E-state index contributed by atoms with van der Waals surface area (Å²) in [6.45, 7) is 0. The zero-order valence-corrected chi connectivity index (χ0v) is 12.7. The van der Waals surface area contributed by atoms with Gasteiger partial charge >= 0.3 is 0 Å². The molecule has 0 saturated carbocycles. The van der Waals surface area contributed by atoms with Gasteiger partial charge < -0.3 is 4.90 Å². The molecule has 23 heavy (non-hydrogen) atoms. The molecule has 0 N–H and O–H groups in total. The second-order valence-corrected chi connectivity index (χ2v) is 5.79. The first kappa shape index (κ1) is 13.8. The first-order chi connectivity index (χ1) is 11.3. The molecule has 3 aromatic rings. The number of carbonyl (C=O) groups excluding carboxylic acids is 1. The van der Waals surface area contributed by atoms with Crippen LogP contribution in [-0.4, -0.2) is 5.91 Å². The molecule has 2 heteroatoms. The van der Waals surface area contributed by atoms with Gasteiger partial charge in [0.25, 0.3) is 0 Å². The topological polar surface area (TPSA) is 20.3 Å². The minimum atomic E-state index is -0.0731. The highest BCUT2D eigenvalue weighted by Gasteiger charge is 2.34. The summed E-state index contributed by atoms with van der Waals surface area (Å²) in [6.07, 6.45) is 0.453. The average Bonchev–Trinajstić information content (AvgIpc) is 2.62. The number of nitrogens with zero attached hydrogens (tertiary/aromatic N) is 1. The van der Waals surface area contributed by atoms with Crippen LogP contribution in [0.25, 0.3) is 0 Å². The number of benzene rings is 3. The first-order valence-corrected chi connectivity index (χ1v) is 7.84. The van der Waals surface area contributed by atoms with E-state index >= 15 is 0 Å². The van der Waals surface area contributed by atoms with E-state index < -0.39 is 0 Å². The summed E-state index contributed by atoms with van der Waals surface area (Å²) in [6, 6.07) is 28.4. The van der Waals surface area contributed by atoms with E-state index in [1.807, 2.05) is 65.6 Å². The van der Waals surface area contributed by atoms with E-state index in [9.17, 15) is 4.79 Å². The van der Waals surface area contributed by atoms with Crippen LogP contribution in [-0.2, 0) is 11.2 Å². The van der Waals surface area contributed by atoms with Crippen LogP contribution in [0.3, 0.4) is 0 Å². The molecular weight excluding hydrogens is 282 g/mol. The third kappa shape index (κ3) is 2.42. The Labute approximate surface area is 136 Å². The van der Waals surface area contributed by atoms with E-state index in [1.54, 1.807) is 0 Å². The monoisotopic (exact) mass is 299 g/mol. The number of hydrogen-bond donors (Lipinski definition) is 0. The number of anilines is 1. The fraction of sp³-hybridized carbons (Fsp3) is 0.0952. The number of amides is 1. The van der Waals surface area contributed by atoms with Crippen molar-refractivity contribution in [3.05, 3.63) is 102 Å². The molecule has 0 radical (unpaired) electrons. The van der Waals surface area contributed by atoms with Crippen molar-refractivity contribution in [3.8, 4) is 0 Å². The molecule has 0 spiro atoms. The lowest BCUT2D eigenvalue weighted by Crippen LogP contribution is -2.40. The summed E-state index contributed by atoms with van der Waals surface area (Å²) >= 11 is 0. The second-order valence-electron chi connectivity index (χ2n) is 5.79. The molecule has 1 heterocycles. The maximum atomic E-state index is 12.9. The third-order valence-electron chi connectivity index (χ3n) is 4.37. The Hall–Kier alpha value is -2.87. The summed E-state index contributed by atoms with van der Waals surface area (Å²) in [5.74, 6) is 0.142. The van der Waals surface area contributed by atoms with Crippen LogP contribution in [0.5, 0.6) is 0 Å². The van der Waals surface area contributed by atoms with Crippen LogP contribution in [0.4, 0.5) is 5.69 Å². The van der Waals surface area contributed by atoms with E-state index in [1.165, 1.54) is 5.56 Å². The van der Waals surface area contributed by atoms with Gasteiger partial charge in [-0.3, -0.25) is 4.79 Å². The molecule has 0 aliphatic carbocycles. The highest BCUT2D eigenvalue weighted by atomic mass is 16.2. The molecule has 4 rings (SSSR count). The predicted molar refractivity (Wildman–Crippen MR) is 92.4 cm³/mol. The molecular formula is C21H17NO. The number of para-hydroxylation sites is 1. The fourth-order valence-corrected chi connectivity index (χ4v) is 3.34. The Morgan fingerprint density at radius 1 is 0.739 bits per heavy atom. The molecule has 0 aromatic heterocycles. The summed E-state index contributed by atoms with van der Waals surface area (Å²) in [7, 11) is 0. The zero-order chi connectivity index (χ0) is 15.6. The predicted octanol–water partition coefficient (Wildman–Crippen LogP) is 4.37. The molecule has 2 nitrogen and oxygen atoms in total. The van der Waals surface area contributed by atoms with Crippen LogP contribution in [0.2, 0.25) is 0 Å². The Bertz CT molecular complexity index is 827. The molecule has 1 unspecified atom stereocenters. The van der Waals surface area contributed by atoms with Gasteiger partial charge in [0.05, 0.1) is 12.5 Å². The minimum Gasteiger partial charge on any atom is -0.300 e. The normalized spacial score (nSPS) is 17.0. The molecule has 0 bridgehead atoms. The van der Waals surface area contributed by atoms with Crippen molar-refractivity contribution in [3.63, 3.8) is 0 Å². The average molecular weight is 299 g/mol. The van der Waals surface area contributed by atoms with Crippen molar-refractivity contribution in [1.82, 2.24) is 0 Å². The lowest BCUT2D eigenvalue weighted by molar-refractivity contribution is -0.118. The number of hydrogen-bond acceptors (Lipinski definition) is 1. The molecule has 1 aliphatic heterocycles. The van der Waals surface area contributed by atoms with Crippen LogP contribution < -0.4 is 4.90 Å². The highest BCUT2D eigenvalue weighted by Crippen LogP contribution is 2.38. The largest absolute Gasteiger partial charge is 0.300 e. The first-order valence-electron chi connectivity index (χ1n) is 7.84. The lowest BCUT2D eigenvalue weighted by Gasteiger charge is -2.37. The van der Waals surface area contributed by atoms with Crippen LogP contribution >= 0.6 is 0 Å². The summed E-state index contributed by atoms with van der Waals surface area (Å²) < 4.78 is 0. The maximum absolute atomic E-state index is 12.9. The third-order valence-corrected chi connectivity index (χ3v) is 4.37. The van der Waals surface area contributed by atoms with Gasteiger partial charge in [-0.05, 0) is 28.8 Å². The Balaban J connectivity index is 1.92. The molecule has 112 valence electrons. The quantitative estimate of drug-likeness (QED) is 0.688. The standard InChI is InChI=1S/C21H17NO/c23-20-15-17-11-7-8-14-19(17)21(16-9-3-1-4-10-16)22(20)18-12-5-2-6-13-18/h1-14,21H,15H2. The number of carbonyl (C=O) groups is 1. The van der Waals surface area contributed by atoms with Gasteiger partial charge in [-0.2, -0.15) is 0 Å². The van der Waals surface area contributed by atoms with Crippen molar-refractivity contribution in [2.75, 3.05) is 4.90 Å². The molecule has 3 aromatic carbocycles. The van der Waals surface area contributed by atoms with Crippen molar-refractivity contribution < 1.29 is 4.79 Å². The van der Waals surface area contributed by atoms with Crippen molar-refractivity contribution in [2.45, 2.75) is 12.5 Å². The summed E-state index contributed by atoms with van der Waals surface area (Å²) in [5, 5.41) is 0. The Morgan fingerprint density at radius 3 is 2.09 bits per heavy atom. The molecule has 1 atom stereocenters. The van der Waals surface area contributed by atoms with E-state index in [2.05, 4.69) is 24.3 Å². The smallest absolute Gasteiger partial charge is 0.232 e. The van der Waals surface area contributed by atoms with Gasteiger partial charge in [0, 0.05) is 5.69 Å². The Morgan fingerprint density at radius 2 is 1.35 bits per heavy atom. The summed E-state index contributed by atoms with van der Waals surface area (Å²) in [5.41, 5.74) is 4.42. The molecule has 1 aliphatic rings. The zero-order valence-electron chi connectivity index (χ0n) is 12.7. The SMILES string of the molecule is O=C1Cc2ccccc2C(c2ccccc2)N1c1ccccc1. The minimum absolute atomic E-state index is 0.0731. The maximum Gasteiger partial charge on any atom is 0.232 e. The van der Waals surface area contributed by atoms with Crippen LogP contribution in [0.15, 0.2) is 84.9 Å². The van der Waals surface area contributed by atoms with Gasteiger partial charge in [0.15, 0.2) is 0 Å². The highest BCUT2D eigenvalue weighted by molar-refractivity contribution is 5.98. The fourth-order valence-electron chi connectivity index (χ4n) is 3.34. The van der Waals surface area contributed by atoms with E-state index in [-0.39, 0.29) is 11.9 Å². The number of fused-ring (bicyclic) bond motifs is 1. The van der Waals surface area contributed by atoms with Gasteiger partial charge in [-0.15, -0.1) is 0 Å². The lowest BCUT2D eigenvalue weighted by atomic mass is 9.87. The van der Waals surface area contributed by atoms with Gasteiger partial charge in [-0.1, -0.05) is 72.8 Å². The van der Waals surface area contributed by atoms with Crippen molar-refractivity contribution in [1.29, 1.82) is 0 Å². The Kier molecular flexibility index (Phi) is 3.43.